The predicted octanol–water partition coefficient (Wildman–Crippen LogP) is 7.59. The van der Waals surface area contributed by atoms with Gasteiger partial charge in [0, 0.05) is 11.1 Å². The van der Waals surface area contributed by atoms with Gasteiger partial charge in [-0.15, -0.1) is 0 Å². The number of para-hydroxylation sites is 2. The molecule has 2 aromatic rings. The highest BCUT2D eigenvalue weighted by Crippen LogP contribution is 2.31. The van der Waals surface area contributed by atoms with Crippen molar-refractivity contribution in [2.24, 2.45) is 0 Å². The van der Waals surface area contributed by atoms with Crippen molar-refractivity contribution in [2.45, 2.75) is 91.3 Å². The van der Waals surface area contributed by atoms with Crippen LogP contribution in [0.4, 0.5) is 0 Å². The highest BCUT2D eigenvalue weighted by molar-refractivity contribution is 5.35. The summed E-state index contributed by atoms with van der Waals surface area (Å²) in [6.45, 7) is 16.7. The molecule has 2 aromatic carbocycles. The van der Waals surface area contributed by atoms with Crippen molar-refractivity contribution in [1.29, 1.82) is 0 Å². The maximum absolute atomic E-state index is 5.82. The van der Waals surface area contributed by atoms with E-state index in [1.807, 2.05) is 64.1 Å². The zero-order valence-electron chi connectivity index (χ0n) is 19.8. The summed E-state index contributed by atoms with van der Waals surface area (Å²) in [6.07, 6.45) is 1.50. The molecule has 4 nitrogen and oxygen atoms in total. The highest BCUT2D eigenvalue weighted by atomic mass is 17.2. The Bertz CT molecular complexity index is 726. The molecular formula is C26H38O4. The molecule has 30 heavy (non-hydrogen) atoms. The summed E-state index contributed by atoms with van der Waals surface area (Å²) < 4.78 is 0. The fraction of sp³-hybridized carbons (Fsp3) is 0.538. The number of hydrogen-bond acceptors (Lipinski definition) is 4. The smallest absolute Gasteiger partial charge is 0.168 e. The SMILES string of the molecule is CC(C)c1ccccc1OOC(C)(C)CCC(C)(C)OOc1ccccc1C(C)C. The molecule has 0 saturated heterocycles. The van der Waals surface area contributed by atoms with E-state index in [0.717, 1.165) is 35.5 Å². The largest absolute Gasteiger partial charge is 0.337 e. The summed E-state index contributed by atoms with van der Waals surface area (Å²) in [5, 5.41) is 0. The Morgan fingerprint density at radius 1 is 0.600 bits per heavy atom. The van der Waals surface area contributed by atoms with Crippen LogP contribution >= 0.6 is 0 Å². The third-order valence-corrected chi connectivity index (χ3v) is 5.13. The van der Waals surface area contributed by atoms with Crippen molar-refractivity contribution < 1.29 is 19.6 Å². The molecule has 0 bridgehead atoms. The van der Waals surface area contributed by atoms with E-state index in [1.54, 1.807) is 0 Å². The third-order valence-electron chi connectivity index (χ3n) is 5.13. The van der Waals surface area contributed by atoms with Crippen LogP contribution in [0.5, 0.6) is 11.5 Å². The van der Waals surface area contributed by atoms with E-state index in [2.05, 4.69) is 39.8 Å². The molecule has 0 aliphatic carbocycles. The summed E-state index contributed by atoms with van der Waals surface area (Å²) in [4.78, 5) is 23.1. The number of benzene rings is 2. The van der Waals surface area contributed by atoms with E-state index in [0.29, 0.717) is 11.8 Å². The maximum atomic E-state index is 5.82. The van der Waals surface area contributed by atoms with Crippen LogP contribution in [0.15, 0.2) is 48.5 Å². The molecule has 2 rings (SSSR count). The first kappa shape index (κ1) is 24.2. The molecule has 0 spiro atoms. The van der Waals surface area contributed by atoms with Crippen LogP contribution in [0.1, 0.15) is 91.2 Å². The quantitative estimate of drug-likeness (QED) is 0.280. The topological polar surface area (TPSA) is 36.9 Å². The number of rotatable bonds is 11. The predicted molar refractivity (Wildman–Crippen MR) is 122 cm³/mol. The molecule has 4 heteroatoms. The van der Waals surface area contributed by atoms with Crippen molar-refractivity contribution in [3.63, 3.8) is 0 Å². The van der Waals surface area contributed by atoms with Crippen molar-refractivity contribution in [3.8, 4) is 11.5 Å². The van der Waals surface area contributed by atoms with Crippen LogP contribution in [0.25, 0.3) is 0 Å². The average Bonchev–Trinajstić information content (AvgIpc) is 2.70. The standard InChI is InChI=1S/C26H38O4/c1-19(2)21-13-9-11-15-23(21)27-29-25(5,6)17-18-26(7,8)30-28-24-16-12-10-14-22(24)20(3)4/h9-16,19-20H,17-18H2,1-8H3. The van der Waals surface area contributed by atoms with Gasteiger partial charge >= 0.3 is 0 Å². The normalized spacial score (nSPS) is 12.5. The second-order valence-electron chi connectivity index (χ2n) is 9.74. The van der Waals surface area contributed by atoms with Crippen LogP contribution in [-0.2, 0) is 9.78 Å². The Balaban J connectivity index is 1.90. The number of hydrogen-bond donors (Lipinski definition) is 0. The molecule has 166 valence electrons. The molecule has 0 heterocycles. The molecule has 0 amide bonds. The average molecular weight is 415 g/mol. The first-order valence-corrected chi connectivity index (χ1v) is 10.9. The second kappa shape index (κ2) is 10.3. The lowest BCUT2D eigenvalue weighted by Gasteiger charge is -2.29. The van der Waals surface area contributed by atoms with Crippen LogP contribution in [0, 0.1) is 0 Å². The summed E-state index contributed by atoms with van der Waals surface area (Å²) in [5.74, 6) is 2.27. The summed E-state index contributed by atoms with van der Waals surface area (Å²) in [6, 6.07) is 16.0. The molecule has 0 saturated carbocycles. The zero-order chi connectivity index (χ0) is 22.4. The summed E-state index contributed by atoms with van der Waals surface area (Å²) in [7, 11) is 0. The van der Waals surface area contributed by atoms with Gasteiger partial charge in [-0.3, -0.25) is 0 Å². The van der Waals surface area contributed by atoms with Crippen molar-refractivity contribution in [1.82, 2.24) is 0 Å². The van der Waals surface area contributed by atoms with Gasteiger partial charge in [0.15, 0.2) is 11.5 Å². The first-order chi connectivity index (χ1) is 14.0. The lowest BCUT2D eigenvalue weighted by molar-refractivity contribution is -0.301. The minimum absolute atomic E-state index is 0.367. The summed E-state index contributed by atoms with van der Waals surface area (Å²) in [5.41, 5.74) is 1.32. The van der Waals surface area contributed by atoms with Gasteiger partial charge in [-0.1, -0.05) is 64.1 Å². The van der Waals surface area contributed by atoms with Gasteiger partial charge < -0.3 is 9.78 Å². The van der Waals surface area contributed by atoms with E-state index in [9.17, 15) is 0 Å². The molecule has 0 aliphatic heterocycles. The van der Waals surface area contributed by atoms with Crippen molar-refractivity contribution in [2.75, 3.05) is 0 Å². The minimum atomic E-state index is -0.472. The van der Waals surface area contributed by atoms with E-state index in [1.165, 1.54) is 0 Å². The molecule has 0 radical (unpaired) electrons. The third kappa shape index (κ3) is 7.33. The van der Waals surface area contributed by atoms with Gasteiger partial charge in [0.25, 0.3) is 0 Å². The molecule has 0 fully saturated rings. The molecule has 0 atom stereocenters. The first-order valence-electron chi connectivity index (χ1n) is 10.9. The van der Waals surface area contributed by atoms with Gasteiger partial charge in [-0.05, 0) is 64.5 Å². The van der Waals surface area contributed by atoms with Crippen LogP contribution in [0.2, 0.25) is 0 Å². The summed E-state index contributed by atoms with van der Waals surface area (Å²) >= 11 is 0. The van der Waals surface area contributed by atoms with Crippen LogP contribution in [0.3, 0.4) is 0 Å². The minimum Gasteiger partial charge on any atom is -0.337 e. The Kier molecular flexibility index (Phi) is 8.34. The Morgan fingerprint density at radius 3 is 1.27 bits per heavy atom. The highest BCUT2D eigenvalue weighted by Gasteiger charge is 2.29. The van der Waals surface area contributed by atoms with E-state index < -0.39 is 11.2 Å². The molecule has 0 N–H and O–H groups in total. The fourth-order valence-electron chi connectivity index (χ4n) is 3.07. The van der Waals surface area contributed by atoms with Crippen molar-refractivity contribution >= 4 is 0 Å². The van der Waals surface area contributed by atoms with Crippen molar-refractivity contribution in [3.05, 3.63) is 59.7 Å². The molecular weight excluding hydrogens is 376 g/mol. The lowest BCUT2D eigenvalue weighted by Crippen LogP contribution is -2.33. The van der Waals surface area contributed by atoms with Crippen LogP contribution in [-0.4, -0.2) is 11.2 Å². The molecule has 0 aromatic heterocycles. The molecule has 0 unspecified atom stereocenters. The Labute approximate surface area is 182 Å². The van der Waals surface area contributed by atoms with Gasteiger partial charge in [-0.2, -0.15) is 9.78 Å². The maximum Gasteiger partial charge on any atom is 0.168 e. The molecule has 0 aliphatic rings. The fourth-order valence-corrected chi connectivity index (χ4v) is 3.07. The van der Waals surface area contributed by atoms with E-state index in [4.69, 9.17) is 19.6 Å². The van der Waals surface area contributed by atoms with Gasteiger partial charge in [0.1, 0.15) is 11.2 Å². The van der Waals surface area contributed by atoms with E-state index >= 15 is 0 Å². The second-order valence-corrected chi connectivity index (χ2v) is 9.74. The monoisotopic (exact) mass is 414 g/mol. The lowest BCUT2D eigenvalue weighted by atomic mass is 9.94. The zero-order valence-corrected chi connectivity index (χ0v) is 19.8. The Hall–Kier alpha value is -2.04. The van der Waals surface area contributed by atoms with Crippen LogP contribution < -0.4 is 9.78 Å². The van der Waals surface area contributed by atoms with Gasteiger partial charge in [0.05, 0.1) is 0 Å². The Morgan fingerprint density at radius 2 is 0.933 bits per heavy atom. The van der Waals surface area contributed by atoms with Gasteiger partial charge in [-0.25, -0.2) is 0 Å². The van der Waals surface area contributed by atoms with E-state index in [-0.39, 0.29) is 0 Å². The van der Waals surface area contributed by atoms with Gasteiger partial charge in [0.2, 0.25) is 0 Å².